The average molecular weight is 2050 g/mol. The van der Waals surface area contributed by atoms with Gasteiger partial charge in [-0.05, 0) is 78.6 Å². The third-order valence-electron chi connectivity index (χ3n) is 21.3. The fraction of sp³-hybridized carbons (Fsp3) is 0.500. The van der Waals surface area contributed by atoms with Gasteiger partial charge in [-0.3, -0.25) is 115 Å². The third-order valence-corrected chi connectivity index (χ3v) is 24.3. The number of thioether (sulfide) groups is 3. The van der Waals surface area contributed by atoms with Crippen molar-refractivity contribution in [3.05, 3.63) is 114 Å². The van der Waals surface area contributed by atoms with E-state index in [1.54, 1.807) is 53.4 Å². The summed E-state index contributed by atoms with van der Waals surface area (Å²) in [5, 5.41) is 90.6. The molecule has 0 aliphatic carbocycles. The summed E-state index contributed by atoms with van der Waals surface area (Å²) in [5.41, 5.74) is 22.4. The van der Waals surface area contributed by atoms with Gasteiger partial charge in [-0.15, -0.1) is 23.5 Å². The largest absolute Gasteiger partial charge is 0.508 e. The molecule has 19 amide bonds. The molecule has 29 N–H and O–H groups in total. The maximum atomic E-state index is 14.8. The number of nitrogens with zero attached hydrogens (tertiary/aromatic N) is 1. The number of rotatable bonds is 40. The lowest BCUT2D eigenvalue weighted by atomic mass is 9.85. The van der Waals surface area contributed by atoms with E-state index in [1.165, 1.54) is 71.0 Å². The Morgan fingerprint density at radius 1 is 0.500 bits per heavy atom. The lowest BCUT2D eigenvalue weighted by Gasteiger charge is -2.33. The van der Waals surface area contributed by atoms with Crippen molar-refractivity contribution in [1.82, 2.24) is 90.0 Å². The van der Waals surface area contributed by atoms with Crippen LogP contribution in [0.1, 0.15) is 116 Å². The van der Waals surface area contributed by atoms with Crippen LogP contribution in [0.15, 0.2) is 97.1 Å². The summed E-state index contributed by atoms with van der Waals surface area (Å²) in [7, 11) is 0. The summed E-state index contributed by atoms with van der Waals surface area (Å²) in [6.45, 7) is 8.18. The molecule has 1 aliphatic heterocycles. The van der Waals surface area contributed by atoms with E-state index < -0.39 is 290 Å². The fourth-order valence-corrected chi connectivity index (χ4v) is 16.4. The summed E-state index contributed by atoms with van der Waals surface area (Å²) >= 11 is 2.61. The second-order valence-corrected chi connectivity index (χ2v) is 37.5. The molecule has 0 spiro atoms. The molecule has 0 radical (unpaired) electrons. The molecule has 52 heteroatoms. The summed E-state index contributed by atoms with van der Waals surface area (Å²) in [4.78, 5) is 312. The fourth-order valence-electron chi connectivity index (χ4n) is 13.8. The van der Waals surface area contributed by atoms with Gasteiger partial charge in [0.05, 0.1) is 42.6 Å². The van der Waals surface area contributed by atoms with Crippen LogP contribution in [0, 0.1) is 5.41 Å². The Balaban J connectivity index is 1.34. The number of nitrogens with one attached hydrogen (secondary N) is 16. The standard InChI is InChI=1S/C90H125N21O28S3/c1-47(35-66(92)113)98-82(132)60(38-53-17-12-16-52-15-10-11-18-55(52)53)105-81(131)57(24-26-73(121)122)101-85(135)61(39-67(93)114)102-79(129)49(3)99-88(138)65(109-78(128)48(2)91)43-142-46-71(118)97-30-33-111-31-28-95-69(116)44-140-34-27-68(115)100-56(23-25-72(119)120)80(130)106-62(40-74(123)124)86(136)104-58(36-50-13-8-7-9-14-50)83(133)103-59(37-51-19-21-54(112)22-20-51)84(134)107-63(41-75(125)126)87(137)110-76(90(4,5)6)89(139)108-64(77(94)127)42-141-45-70(117)96-29-32-111/h7-22,47-49,56-65,76,112H,23-46,91H2,1-6H3,(H2,92,113)(H2,93,114)(H2,94,127)(H,95,116)(H,96,117)(H,97,118)(H,98,132)(H,99,138)(H,100,115)(H,101,135)(H,102,129)(H,103,133)(H,104,136)(H,105,131)(H,106,130)(H,107,134)(H,108,139)(H,109,128)(H,110,137)(H,119,120)(H,121,122)(H,123,124)(H,125,126)/t47-,48+,49-,56+,57+,58+,59+,60+,61+,62+,63+,64+,65+,76-/m1/s1. The molecule has 0 aromatic heterocycles. The minimum atomic E-state index is -2.07. The quantitative estimate of drug-likeness (QED) is 0.0197. The van der Waals surface area contributed by atoms with E-state index in [2.05, 4.69) is 85.1 Å². The zero-order valence-electron chi connectivity index (χ0n) is 78.9. The molecule has 14 atom stereocenters. The number of carbonyl (C=O) groups excluding carboxylic acids is 19. The molecule has 1 aliphatic rings. The van der Waals surface area contributed by atoms with Gasteiger partial charge in [0.15, 0.2) is 0 Å². The number of phenols is 1. The number of carboxylic acids is 4. The van der Waals surface area contributed by atoms with Crippen LogP contribution in [0.3, 0.4) is 0 Å². The number of benzene rings is 4. The molecule has 0 unspecified atom stereocenters. The van der Waals surface area contributed by atoms with Crippen molar-refractivity contribution in [2.75, 3.05) is 73.8 Å². The van der Waals surface area contributed by atoms with E-state index in [0.29, 0.717) is 16.5 Å². The highest BCUT2D eigenvalue weighted by atomic mass is 32.2. The molecule has 4 aromatic rings. The van der Waals surface area contributed by atoms with E-state index in [1.807, 2.05) is 12.1 Å². The normalized spacial score (nSPS) is 19.6. The second-order valence-electron chi connectivity index (χ2n) is 34.3. The zero-order valence-corrected chi connectivity index (χ0v) is 81.3. The number of aromatic hydroxyl groups is 1. The molecule has 5 rings (SSSR count). The van der Waals surface area contributed by atoms with Gasteiger partial charge >= 0.3 is 23.9 Å². The molecule has 0 saturated carbocycles. The minimum absolute atomic E-state index is 0.0215. The third kappa shape index (κ3) is 44.5. The molecule has 1 heterocycles. The number of carbonyl (C=O) groups is 23. The molecule has 1 fully saturated rings. The number of hydrogen-bond donors (Lipinski definition) is 25. The Kier molecular flexibility index (Phi) is 49.9. The molecular weight excluding hydrogens is 1920 g/mol. The van der Waals surface area contributed by atoms with Crippen molar-refractivity contribution < 1.29 is 136 Å². The Bertz CT molecular complexity index is 5150. The van der Waals surface area contributed by atoms with Crippen LogP contribution in [0.2, 0.25) is 0 Å². The number of nitrogens with two attached hydrogens (primary N) is 4. The summed E-state index contributed by atoms with van der Waals surface area (Å²) in [6.07, 6.45) is -7.69. The molecule has 776 valence electrons. The van der Waals surface area contributed by atoms with Crippen molar-refractivity contribution in [2.24, 2.45) is 28.3 Å². The number of carboxylic acid groups (broad SMARTS) is 4. The first kappa shape index (κ1) is 118. The topological polar surface area (TPSA) is 794 Å². The average Bonchev–Trinajstić information content (AvgIpc) is 0.819. The van der Waals surface area contributed by atoms with Gasteiger partial charge in [0.2, 0.25) is 112 Å². The number of hydrogen-bond acceptors (Lipinski definition) is 29. The number of amides is 19. The number of aliphatic carboxylic acids is 4. The molecule has 0 bridgehead atoms. The highest BCUT2D eigenvalue weighted by Gasteiger charge is 2.41. The summed E-state index contributed by atoms with van der Waals surface area (Å²) in [5.74, 6) is -27.3. The number of phenolic OH excluding ortho intramolecular Hbond substituents is 1. The van der Waals surface area contributed by atoms with Crippen molar-refractivity contribution in [3.8, 4) is 5.75 Å². The smallest absolute Gasteiger partial charge is 0.305 e. The highest BCUT2D eigenvalue weighted by molar-refractivity contribution is 8.00. The number of primary amides is 3. The Hall–Kier alpha value is -14.3. The van der Waals surface area contributed by atoms with Crippen molar-refractivity contribution in [3.63, 3.8) is 0 Å². The second kappa shape index (κ2) is 60.0. The Morgan fingerprint density at radius 3 is 1.56 bits per heavy atom. The maximum Gasteiger partial charge on any atom is 0.305 e. The van der Waals surface area contributed by atoms with Gasteiger partial charge in [-0.1, -0.05) is 106 Å². The van der Waals surface area contributed by atoms with Crippen molar-refractivity contribution in [1.29, 1.82) is 0 Å². The van der Waals surface area contributed by atoms with Gasteiger partial charge < -0.3 is 134 Å². The monoisotopic (exact) mass is 2040 g/mol. The first-order valence-electron chi connectivity index (χ1n) is 44.9. The van der Waals surface area contributed by atoms with Gasteiger partial charge in [0.25, 0.3) is 0 Å². The van der Waals surface area contributed by atoms with Crippen LogP contribution < -0.4 is 108 Å². The number of fused-ring (bicyclic) bond motifs is 1. The Morgan fingerprint density at radius 2 is 1.00 bits per heavy atom. The molecule has 142 heavy (non-hydrogen) atoms. The van der Waals surface area contributed by atoms with Gasteiger partial charge in [-0.25, -0.2) is 0 Å². The zero-order chi connectivity index (χ0) is 106. The SMILES string of the molecule is C[C@H](CC(N)=O)NC(=O)[C@H](Cc1cccc2ccccc12)NC(=O)[C@H](CCC(=O)O)NC(=O)[C@H](CC(N)=O)NC(=O)[C@@H](C)NC(=O)[C@H](CSCC(=O)NCCN1CCNC(=O)CSCCC(=O)N[C@@H](CCC(=O)O)C(=O)N[C@@H](CC(=O)O)C(=O)N[C@@H](Cc2ccccc2)C(=O)N[C@@H](Cc2ccc(O)cc2)C(=O)N[C@@H](CC(=O)O)C(=O)N[C@@H](C(C)(C)C)C(=O)N[C@H](C(N)=O)CSCC(=O)NCC1)NC(=O)[C@H](C)N. The van der Waals surface area contributed by atoms with Crippen LogP contribution >= 0.6 is 35.3 Å². The minimum Gasteiger partial charge on any atom is -0.508 e. The summed E-state index contributed by atoms with van der Waals surface area (Å²) < 4.78 is 0. The predicted octanol–water partition coefficient (Wildman–Crippen LogP) is -6.52. The van der Waals surface area contributed by atoms with Crippen LogP contribution in [0.4, 0.5) is 0 Å². The van der Waals surface area contributed by atoms with Crippen LogP contribution in [-0.4, -0.2) is 325 Å². The van der Waals surface area contributed by atoms with Gasteiger partial charge in [0, 0.05) is 108 Å². The Labute approximate surface area is 828 Å². The van der Waals surface area contributed by atoms with E-state index in [-0.39, 0.29) is 97.9 Å². The van der Waals surface area contributed by atoms with E-state index >= 15 is 0 Å². The first-order chi connectivity index (χ1) is 66.9. The van der Waals surface area contributed by atoms with Crippen LogP contribution in [-0.2, 0) is 130 Å². The van der Waals surface area contributed by atoms with Gasteiger partial charge in [-0.2, -0.15) is 11.8 Å². The van der Waals surface area contributed by atoms with E-state index in [9.17, 15) is 136 Å². The predicted molar refractivity (Wildman–Crippen MR) is 516 cm³/mol. The van der Waals surface area contributed by atoms with Gasteiger partial charge in [0.1, 0.15) is 78.3 Å². The lowest BCUT2D eigenvalue weighted by Crippen LogP contribution is -2.62. The highest BCUT2D eigenvalue weighted by Crippen LogP contribution is 2.24. The van der Waals surface area contributed by atoms with E-state index in [4.69, 9.17) is 22.9 Å². The van der Waals surface area contributed by atoms with Crippen LogP contribution in [0.25, 0.3) is 10.8 Å². The maximum absolute atomic E-state index is 14.8. The van der Waals surface area contributed by atoms with Crippen molar-refractivity contribution in [2.45, 2.75) is 203 Å². The molecule has 1 saturated heterocycles. The first-order valence-corrected chi connectivity index (χ1v) is 48.4. The van der Waals surface area contributed by atoms with Crippen LogP contribution in [0.5, 0.6) is 5.75 Å². The summed E-state index contributed by atoms with van der Waals surface area (Å²) in [6, 6.07) is 2.40. The lowest BCUT2D eigenvalue weighted by molar-refractivity contribution is -0.142. The van der Waals surface area contributed by atoms with Crippen molar-refractivity contribution >= 4 is 182 Å². The molecule has 4 aromatic carbocycles. The molecular formula is C90H125N21O28S3. The molecule has 49 nitrogen and oxygen atoms in total. The van der Waals surface area contributed by atoms with E-state index in [0.717, 1.165) is 47.6 Å².